The summed E-state index contributed by atoms with van der Waals surface area (Å²) in [5.41, 5.74) is 4.05. The summed E-state index contributed by atoms with van der Waals surface area (Å²) in [7, 11) is 0. The number of halogens is 1. The van der Waals surface area contributed by atoms with Crippen LogP contribution < -0.4 is 4.90 Å². The number of fused-ring (bicyclic) bond motifs is 1. The average Bonchev–Trinajstić information content (AvgIpc) is 3.23. The number of aromatic nitrogens is 2. The number of amides is 1. The van der Waals surface area contributed by atoms with Gasteiger partial charge < -0.3 is 4.90 Å². The van der Waals surface area contributed by atoms with E-state index in [1.54, 1.807) is 17.2 Å². The number of hydrogen-bond donors (Lipinski definition) is 0. The van der Waals surface area contributed by atoms with Crippen LogP contribution in [0.15, 0.2) is 54.9 Å². The molecule has 0 bridgehead atoms. The molecule has 2 heterocycles. The number of benzene rings is 2. The van der Waals surface area contributed by atoms with Crippen molar-refractivity contribution in [2.24, 2.45) is 0 Å². The lowest BCUT2D eigenvalue weighted by atomic mass is 10.0. The van der Waals surface area contributed by atoms with Crippen molar-refractivity contribution in [3.63, 3.8) is 0 Å². The lowest BCUT2D eigenvalue weighted by Gasteiger charge is -2.18. The van der Waals surface area contributed by atoms with E-state index in [0.29, 0.717) is 5.56 Å². The van der Waals surface area contributed by atoms with Gasteiger partial charge in [0, 0.05) is 29.6 Å². The highest BCUT2D eigenvalue weighted by Crippen LogP contribution is 2.38. The number of nitrogens with zero attached hydrogens (tertiary/aromatic N) is 3. The van der Waals surface area contributed by atoms with E-state index in [9.17, 15) is 9.18 Å². The number of carbonyl (C=O) groups is 1. The van der Waals surface area contributed by atoms with Crippen LogP contribution in [0.2, 0.25) is 0 Å². The molecular formula is C21H20FN3O. The van der Waals surface area contributed by atoms with E-state index in [4.69, 9.17) is 0 Å². The van der Waals surface area contributed by atoms with E-state index in [2.05, 4.69) is 5.10 Å². The molecule has 1 amide bonds. The molecule has 132 valence electrons. The summed E-state index contributed by atoms with van der Waals surface area (Å²) in [5, 5.41) is 4.23. The molecule has 26 heavy (non-hydrogen) atoms. The van der Waals surface area contributed by atoms with Crippen LogP contribution in [0.1, 0.15) is 30.9 Å². The average molecular weight is 349 g/mol. The van der Waals surface area contributed by atoms with Crippen LogP contribution >= 0.6 is 0 Å². The van der Waals surface area contributed by atoms with E-state index in [-0.39, 0.29) is 24.2 Å². The number of para-hydroxylation sites is 1. The van der Waals surface area contributed by atoms with Crippen LogP contribution in [0.3, 0.4) is 0 Å². The van der Waals surface area contributed by atoms with Gasteiger partial charge in [-0.15, -0.1) is 0 Å². The number of rotatable bonds is 4. The number of aryl methyl sites for hydroxylation is 1. The van der Waals surface area contributed by atoms with Crippen molar-refractivity contribution in [1.82, 2.24) is 9.78 Å². The summed E-state index contributed by atoms with van der Waals surface area (Å²) >= 11 is 0. The van der Waals surface area contributed by atoms with Crippen molar-refractivity contribution in [2.45, 2.75) is 32.9 Å². The summed E-state index contributed by atoms with van der Waals surface area (Å²) in [4.78, 5) is 14.3. The molecule has 4 nitrogen and oxygen atoms in total. The van der Waals surface area contributed by atoms with Crippen molar-refractivity contribution in [3.05, 3.63) is 71.8 Å². The molecule has 1 atom stereocenters. The number of anilines is 1. The largest absolute Gasteiger partial charge is 0.307 e. The Morgan fingerprint density at radius 2 is 1.96 bits per heavy atom. The zero-order chi connectivity index (χ0) is 18.3. The maximum atomic E-state index is 14.7. The van der Waals surface area contributed by atoms with Gasteiger partial charge in [-0.3, -0.25) is 9.48 Å². The Kier molecular flexibility index (Phi) is 4.07. The second kappa shape index (κ2) is 6.41. The van der Waals surface area contributed by atoms with Crippen molar-refractivity contribution in [3.8, 4) is 11.1 Å². The number of hydrogen-bond acceptors (Lipinski definition) is 2. The van der Waals surface area contributed by atoms with Gasteiger partial charge in [0.15, 0.2) is 0 Å². The van der Waals surface area contributed by atoms with Crippen LogP contribution in [0.4, 0.5) is 10.1 Å². The van der Waals surface area contributed by atoms with Gasteiger partial charge in [0.25, 0.3) is 0 Å². The second-order valence-electron chi connectivity index (χ2n) is 6.60. The van der Waals surface area contributed by atoms with Gasteiger partial charge in [-0.05, 0) is 37.1 Å². The minimum Gasteiger partial charge on any atom is -0.307 e. The zero-order valence-electron chi connectivity index (χ0n) is 14.8. The molecule has 1 unspecified atom stereocenters. The summed E-state index contributed by atoms with van der Waals surface area (Å²) < 4.78 is 16.5. The maximum absolute atomic E-state index is 14.7. The van der Waals surface area contributed by atoms with Crippen LogP contribution in [0.25, 0.3) is 11.1 Å². The first-order chi connectivity index (χ1) is 12.6. The molecule has 3 aromatic rings. The minimum absolute atomic E-state index is 0.0129. The van der Waals surface area contributed by atoms with Gasteiger partial charge in [-0.2, -0.15) is 5.10 Å². The third-order valence-corrected chi connectivity index (χ3v) is 5.00. The van der Waals surface area contributed by atoms with E-state index in [1.807, 2.05) is 55.1 Å². The quantitative estimate of drug-likeness (QED) is 0.702. The Bertz CT molecular complexity index is 979. The molecule has 2 aromatic carbocycles. The molecule has 5 heteroatoms. The lowest BCUT2D eigenvalue weighted by Crippen LogP contribution is -2.27. The first-order valence-corrected chi connectivity index (χ1v) is 8.80. The van der Waals surface area contributed by atoms with Crippen LogP contribution in [-0.2, 0) is 17.9 Å². The van der Waals surface area contributed by atoms with Gasteiger partial charge in [-0.1, -0.05) is 30.3 Å². The first-order valence-electron chi connectivity index (χ1n) is 8.80. The Hall–Kier alpha value is -2.95. The Labute approximate surface area is 151 Å². The molecule has 0 saturated heterocycles. The highest BCUT2D eigenvalue weighted by atomic mass is 19.1. The molecule has 0 spiro atoms. The second-order valence-corrected chi connectivity index (χ2v) is 6.60. The minimum atomic E-state index is -0.309. The smallest absolute Gasteiger partial charge is 0.234 e. The number of carbonyl (C=O) groups excluding carboxylic acids is 1. The van der Waals surface area contributed by atoms with Gasteiger partial charge in [-0.25, -0.2) is 4.39 Å². The van der Waals surface area contributed by atoms with Crippen molar-refractivity contribution in [2.75, 3.05) is 4.90 Å². The Morgan fingerprint density at radius 1 is 1.15 bits per heavy atom. The van der Waals surface area contributed by atoms with Crippen molar-refractivity contribution in [1.29, 1.82) is 0 Å². The molecular weight excluding hydrogens is 329 g/mol. The fourth-order valence-corrected chi connectivity index (χ4v) is 3.46. The zero-order valence-corrected chi connectivity index (χ0v) is 14.8. The molecule has 1 aliphatic heterocycles. The van der Waals surface area contributed by atoms with Gasteiger partial charge in [0.1, 0.15) is 5.82 Å². The van der Waals surface area contributed by atoms with Gasteiger partial charge >= 0.3 is 0 Å². The van der Waals surface area contributed by atoms with Crippen molar-refractivity contribution < 1.29 is 9.18 Å². The summed E-state index contributed by atoms with van der Waals surface area (Å²) in [6.45, 7) is 4.91. The molecule has 4 rings (SSSR count). The molecule has 0 saturated carbocycles. The molecule has 0 N–H and O–H groups in total. The Balaban J connectivity index is 1.62. The van der Waals surface area contributed by atoms with E-state index >= 15 is 0 Å². The van der Waals surface area contributed by atoms with Gasteiger partial charge in [0.05, 0.1) is 18.7 Å². The lowest BCUT2D eigenvalue weighted by molar-refractivity contribution is -0.119. The monoisotopic (exact) mass is 349 g/mol. The van der Waals surface area contributed by atoms with E-state index < -0.39 is 0 Å². The fourth-order valence-electron chi connectivity index (χ4n) is 3.46. The molecule has 1 aliphatic rings. The summed E-state index contributed by atoms with van der Waals surface area (Å²) in [6.07, 6.45) is 3.64. The highest BCUT2D eigenvalue weighted by molar-refractivity contribution is 6.04. The molecule has 0 fully saturated rings. The van der Waals surface area contributed by atoms with Crippen LogP contribution in [0, 0.1) is 5.82 Å². The van der Waals surface area contributed by atoms with E-state index in [1.165, 1.54) is 6.07 Å². The predicted molar refractivity (Wildman–Crippen MR) is 99.3 cm³/mol. The van der Waals surface area contributed by atoms with Crippen LogP contribution in [-0.4, -0.2) is 15.7 Å². The first kappa shape index (κ1) is 16.5. The Morgan fingerprint density at radius 3 is 2.69 bits per heavy atom. The molecule has 0 aliphatic carbocycles. The topological polar surface area (TPSA) is 38.1 Å². The van der Waals surface area contributed by atoms with E-state index in [0.717, 1.165) is 28.9 Å². The third kappa shape index (κ3) is 2.69. The van der Waals surface area contributed by atoms with Crippen LogP contribution in [0.5, 0.6) is 0 Å². The molecule has 0 radical (unpaired) electrons. The summed E-state index contributed by atoms with van der Waals surface area (Å²) in [5.74, 6) is -0.483. The molecule has 1 aromatic heterocycles. The normalized spacial score (nSPS) is 16.2. The van der Waals surface area contributed by atoms with Crippen molar-refractivity contribution >= 4 is 11.6 Å². The maximum Gasteiger partial charge on any atom is 0.234 e. The fraction of sp³-hybridized carbons (Fsp3) is 0.238. The predicted octanol–water partition coefficient (Wildman–Crippen LogP) is 4.36. The SMILES string of the molecule is CCn1cc(-c2ccc(CN3C(=O)C(C)c4ccccc43)c(F)c2)cn1. The summed E-state index contributed by atoms with van der Waals surface area (Å²) in [6, 6.07) is 12.9. The van der Waals surface area contributed by atoms with Gasteiger partial charge in [0.2, 0.25) is 5.91 Å². The standard InChI is InChI=1S/C21H20FN3O/c1-3-24-12-17(11-23-24)15-8-9-16(19(22)10-15)13-25-20-7-5-4-6-18(20)14(2)21(25)26/h4-12,14H,3,13H2,1-2H3. The highest BCUT2D eigenvalue weighted by Gasteiger charge is 2.34. The third-order valence-electron chi connectivity index (χ3n) is 5.00.